The predicted octanol–water partition coefficient (Wildman–Crippen LogP) is 6.91. The molecule has 4 aromatic rings. The van der Waals surface area contributed by atoms with Gasteiger partial charge in [-0.25, -0.2) is 0 Å². The summed E-state index contributed by atoms with van der Waals surface area (Å²) >= 11 is 1.72. The molecule has 4 aromatic carbocycles. The molecule has 0 aromatic heterocycles. The highest BCUT2D eigenvalue weighted by molar-refractivity contribution is 7.99. The SMILES string of the molecule is COc1ccc(CO[C@@H]2[C@H](OCc3ccccc3)[C@@H](OCc3ccccc3)[C@@H](OC)O[C@@H]2CSc2ccccc2)cc1. The van der Waals surface area contributed by atoms with Crippen LogP contribution in [0.15, 0.2) is 120 Å². The minimum absolute atomic E-state index is 0.309. The first-order chi connectivity index (χ1) is 20.7. The van der Waals surface area contributed by atoms with Gasteiger partial charge in [-0.1, -0.05) is 91.0 Å². The molecular formula is C35H38O6S. The fourth-order valence-electron chi connectivity index (χ4n) is 4.91. The lowest BCUT2D eigenvalue weighted by Crippen LogP contribution is -2.61. The molecule has 1 heterocycles. The van der Waals surface area contributed by atoms with Crippen molar-refractivity contribution >= 4 is 11.8 Å². The summed E-state index contributed by atoms with van der Waals surface area (Å²) < 4.78 is 37.7. The van der Waals surface area contributed by atoms with E-state index < -0.39 is 24.6 Å². The van der Waals surface area contributed by atoms with E-state index in [1.165, 1.54) is 0 Å². The molecule has 0 bridgehead atoms. The maximum absolute atomic E-state index is 6.68. The van der Waals surface area contributed by atoms with Crippen LogP contribution in [-0.2, 0) is 43.5 Å². The third kappa shape index (κ3) is 8.44. The topological polar surface area (TPSA) is 55.4 Å². The van der Waals surface area contributed by atoms with Crippen molar-refractivity contribution in [1.29, 1.82) is 0 Å². The lowest BCUT2D eigenvalue weighted by Gasteiger charge is -2.45. The number of thioether (sulfide) groups is 1. The molecule has 5 rings (SSSR count). The van der Waals surface area contributed by atoms with Gasteiger partial charge in [0.25, 0.3) is 0 Å². The number of benzene rings is 4. The molecule has 5 atom stereocenters. The summed E-state index contributed by atoms with van der Waals surface area (Å²) in [5, 5.41) is 0. The molecule has 0 unspecified atom stereocenters. The minimum atomic E-state index is -0.628. The molecule has 1 saturated heterocycles. The Hall–Kier alpha value is -3.17. The number of methoxy groups -OCH3 is 2. The van der Waals surface area contributed by atoms with Gasteiger partial charge in [-0.05, 0) is 41.0 Å². The third-order valence-corrected chi connectivity index (χ3v) is 8.25. The Labute approximate surface area is 252 Å². The number of rotatable bonds is 14. The van der Waals surface area contributed by atoms with E-state index >= 15 is 0 Å². The van der Waals surface area contributed by atoms with Crippen molar-refractivity contribution in [1.82, 2.24) is 0 Å². The van der Waals surface area contributed by atoms with Crippen LogP contribution in [0.2, 0.25) is 0 Å². The Bertz CT molecular complexity index is 1310. The summed E-state index contributed by atoms with van der Waals surface area (Å²) in [5.74, 6) is 1.46. The molecule has 1 fully saturated rings. The zero-order chi connectivity index (χ0) is 29.0. The number of hydrogen-bond donors (Lipinski definition) is 0. The average Bonchev–Trinajstić information content (AvgIpc) is 3.06. The van der Waals surface area contributed by atoms with Crippen molar-refractivity contribution in [3.8, 4) is 5.75 Å². The van der Waals surface area contributed by atoms with Gasteiger partial charge in [0.15, 0.2) is 6.29 Å². The van der Waals surface area contributed by atoms with Crippen LogP contribution in [0.1, 0.15) is 16.7 Å². The van der Waals surface area contributed by atoms with Crippen molar-refractivity contribution in [3.63, 3.8) is 0 Å². The van der Waals surface area contributed by atoms with Crippen LogP contribution in [0.5, 0.6) is 5.75 Å². The largest absolute Gasteiger partial charge is 0.497 e. The molecule has 42 heavy (non-hydrogen) atoms. The Morgan fingerprint density at radius 2 is 1.07 bits per heavy atom. The van der Waals surface area contributed by atoms with E-state index in [1.807, 2.05) is 91.0 Å². The van der Waals surface area contributed by atoms with E-state index in [2.05, 4.69) is 24.3 Å². The molecule has 0 spiro atoms. The van der Waals surface area contributed by atoms with Gasteiger partial charge >= 0.3 is 0 Å². The highest BCUT2D eigenvalue weighted by Crippen LogP contribution is 2.33. The van der Waals surface area contributed by atoms with Crippen molar-refractivity contribution in [2.45, 2.75) is 55.4 Å². The maximum Gasteiger partial charge on any atom is 0.186 e. The Morgan fingerprint density at radius 3 is 1.62 bits per heavy atom. The minimum Gasteiger partial charge on any atom is -0.497 e. The van der Waals surface area contributed by atoms with E-state index in [-0.39, 0.29) is 6.10 Å². The van der Waals surface area contributed by atoms with Gasteiger partial charge in [-0.3, -0.25) is 0 Å². The normalized spacial score (nSPS) is 22.1. The molecule has 1 aliphatic heterocycles. The molecule has 220 valence electrons. The third-order valence-electron chi connectivity index (χ3n) is 7.15. The second-order valence-electron chi connectivity index (χ2n) is 10.0. The van der Waals surface area contributed by atoms with Crippen LogP contribution in [0.4, 0.5) is 0 Å². The summed E-state index contributed by atoms with van der Waals surface area (Å²) in [6, 6.07) is 38.4. The van der Waals surface area contributed by atoms with Crippen LogP contribution in [-0.4, -0.2) is 50.7 Å². The van der Waals surface area contributed by atoms with Gasteiger partial charge in [-0.2, -0.15) is 0 Å². The quantitative estimate of drug-likeness (QED) is 0.149. The molecule has 0 amide bonds. The van der Waals surface area contributed by atoms with Crippen molar-refractivity contribution in [3.05, 3.63) is 132 Å². The van der Waals surface area contributed by atoms with Crippen molar-refractivity contribution < 1.29 is 28.4 Å². The fourth-order valence-corrected chi connectivity index (χ4v) is 5.89. The van der Waals surface area contributed by atoms with E-state index in [4.69, 9.17) is 28.4 Å². The van der Waals surface area contributed by atoms with Gasteiger partial charge in [-0.15, -0.1) is 11.8 Å². The predicted molar refractivity (Wildman–Crippen MR) is 164 cm³/mol. The highest BCUT2D eigenvalue weighted by atomic mass is 32.2. The van der Waals surface area contributed by atoms with Crippen LogP contribution in [0.25, 0.3) is 0 Å². The summed E-state index contributed by atoms with van der Waals surface area (Å²) in [4.78, 5) is 1.16. The average molecular weight is 587 g/mol. The lowest BCUT2D eigenvalue weighted by molar-refractivity contribution is -0.313. The summed E-state index contributed by atoms with van der Waals surface area (Å²) in [5.41, 5.74) is 3.16. The van der Waals surface area contributed by atoms with Crippen LogP contribution >= 0.6 is 11.8 Å². The van der Waals surface area contributed by atoms with E-state index in [9.17, 15) is 0 Å². The molecule has 0 saturated carbocycles. The molecule has 7 heteroatoms. The first kappa shape index (κ1) is 30.3. The molecule has 0 radical (unpaired) electrons. The monoisotopic (exact) mass is 586 g/mol. The first-order valence-corrected chi connectivity index (χ1v) is 15.1. The van der Waals surface area contributed by atoms with E-state index in [1.54, 1.807) is 26.0 Å². The van der Waals surface area contributed by atoms with Crippen LogP contribution in [0.3, 0.4) is 0 Å². The first-order valence-electron chi connectivity index (χ1n) is 14.1. The van der Waals surface area contributed by atoms with Gasteiger partial charge in [0, 0.05) is 17.8 Å². The Morgan fingerprint density at radius 1 is 0.571 bits per heavy atom. The summed E-state index contributed by atoms with van der Waals surface area (Å²) in [7, 11) is 3.31. The second-order valence-corrected chi connectivity index (χ2v) is 11.1. The van der Waals surface area contributed by atoms with Crippen molar-refractivity contribution in [2.24, 2.45) is 0 Å². The second kappa shape index (κ2) is 15.9. The molecule has 1 aliphatic rings. The summed E-state index contributed by atoms with van der Waals surface area (Å²) in [6.07, 6.45) is -2.32. The van der Waals surface area contributed by atoms with Gasteiger partial charge < -0.3 is 28.4 Å². The molecule has 6 nitrogen and oxygen atoms in total. The lowest BCUT2D eigenvalue weighted by atomic mass is 9.98. The maximum atomic E-state index is 6.68. The molecular weight excluding hydrogens is 548 g/mol. The van der Waals surface area contributed by atoms with Gasteiger partial charge in [0.1, 0.15) is 24.1 Å². The van der Waals surface area contributed by atoms with E-state index in [0.29, 0.717) is 25.6 Å². The van der Waals surface area contributed by atoms with Crippen LogP contribution < -0.4 is 4.74 Å². The molecule has 0 aliphatic carbocycles. The smallest absolute Gasteiger partial charge is 0.186 e. The summed E-state index contributed by atoms with van der Waals surface area (Å²) in [6.45, 7) is 1.20. The number of hydrogen-bond acceptors (Lipinski definition) is 7. The standard InChI is InChI=1S/C35H38O6S/c1-36-29-20-18-28(19-21-29)24-38-32-31(25-42-30-16-10-5-11-17-30)41-35(37-2)34(40-23-27-14-8-4-9-15-27)33(32)39-22-26-12-6-3-7-13-26/h3-21,31-35H,22-25H2,1-2H3/t31-,32+,33+,34-,35+/m1/s1. The fraction of sp³-hybridized carbons (Fsp3) is 0.314. The molecule has 0 N–H and O–H groups in total. The van der Waals surface area contributed by atoms with Crippen molar-refractivity contribution in [2.75, 3.05) is 20.0 Å². The van der Waals surface area contributed by atoms with Crippen LogP contribution in [0, 0.1) is 0 Å². The highest BCUT2D eigenvalue weighted by Gasteiger charge is 2.48. The zero-order valence-corrected chi connectivity index (χ0v) is 24.9. The van der Waals surface area contributed by atoms with Gasteiger partial charge in [0.05, 0.1) is 33.0 Å². The number of ether oxygens (including phenoxy) is 6. The van der Waals surface area contributed by atoms with E-state index in [0.717, 1.165) is 27.3 Å². The zero-order valence-electron chi connectivity index (χ0n) is 24.0. The Kier molecular flexibility index (Phi) is 11.5. The van der Waals surface area contributed by atoms with Gasteiger partial charge in [0.2, 0.25) is 0 Å². The Balaban J connectivity index is 1.41.